The number of fused-ring (bicyclic) bond motifs is 4. The number of hydrogen-bond acceptors (Lipinski definition) is 4. The Morgan fingerprint density at radius 3 is 1.08 bits per heavy atom. The average molecular weight is 861 g/mol. The Morgan fingerprint density at radius 2 is 0.697 bits per heavy atom. The van der Waals surface area contributed by atoms with Gasteiger partial charge in [-0.3, -0.25) is 0 Å². The van der Waals surface area contributed by atoms with Gasteiger partial charge in [0.05, 0.1) is 13.2 Å². The van der Waals surface area contributed by atoms with Gasteiger partial charge in [0.25, 0.3) is 0 Å². The third kappa shape index (κ3) is 7.56. The van der Waals surface area contributed by atoms with Gasteiger partial charge in [0.1, 0.15) is 23.0 Å². The number of hydrogen-bond donors (Lipinski definition) is 2. The Morgan fingerprint density at radius 1 is 0.379 bits per heavy atom. The molecular weight excluding hydrogens is 809 g/mol. The molecule has 324 valence electrons. The van der Waals surface area contributed by atoms with Gasteiger partial charge in [-0.05, 0) is 141 Å². The highest BCUT2D eigenvalue weighted by atomic mass is 16.5. The Balaban J connectivity index is 0.876. The van der Waals surface area contributed by atoms with Crippen LogP contribution < -0.4 is 9.47 Å². The third-order valence-corrected chi connectivity index (χ3v) is 13.9. The summed E-state index contributed by atoms with van der Waals surface area (Å²) in [6, 6.07) is 62.8. The molecule has 66 heavy (non-hydrogen) atoms. The first-order valence-electron chi connectivity index (χ1n) is 23.3. The third-order valence-electron chi connectivity index (χ3n) is 13.9. The highest BCUT2D eigenvalue weighted by molar-refractivity contribution is 6.15. The monoisotopic (exact) mass is 860 g/mol. The van der Waals surface area contributed by atoms with Crippen molar-refractivity contribution >= 4 is 43.1 Å². The molecule has 1 fully saturated rings. The van der Waals surface area contributed by atoms with Crippen molar-refractivity contribution in [2.75, 3.05) is 13.2 Å². The number of para-hydroxylation sites is 2. The quantitative estimate of drug-likeness (QED) is 0.135. The standard InChI is InChI=1S/C62H52O4/c1-39-31-53(61(63)55(33-39)59-47-23-9-5-17-41(47)35-42-18-6-10-24-48(42)59)51-27-13-15-29-57(51)65-37-45-21-3-4-22-46(45)38-66-58-30-16-14-28-52(58)54-32-40(2)34-56(62(54)64)60-49-25-11-7-19-43(49)36-44-20-8-12-26-50(44)60/h5-20,23-36,45-46,63-64H,3-4,21-22,37-38H2,1-2H3. The molecule has 4 nitrogen and oxygen atoms in total. The summed E-state index contributed by atoms with van der Waals surface area (Å²) in [6.45, 7) is 5.28. The van der Waals surface area contributed by atoms with Gasteiger partial charge >= 0.3 is 0 Å². The first-order chi connectivity index (χ1) is 32.4. The van der Waals surface area contributed by atoms with E-state index in [1.54, 1.807) is 0 Å². The van der Waals surface area contributed by atoms with Crippen molar-refractivity contribution < 1.29 is 19.7 Å². The second-order valence-corrected chi connectivity index (χ2v) is 18.2. The van der Waals surface area contributed by atoms with Crippen molar-refractivity contribution in [1.82, 2.24) is 0 Å². The number of benzene rings is 10. The lowest BCUT2D eigenvalue weighted by Gasteiger charge is -2.32. The van der Waals surface area contributed by atoms with Crippen LogP contribution in [-0.2, 0) is 0 Å². The summed E-state index contributed by atoms with van der Waals surface area (Å²) in [7, 11) is 0. The lowest BCUT2D eigenvalue weighted by atomic mass is 9.80. The normalized spacial score (nSPS) is 15.1. The first-order valence-corrected chi connectivity index (χ1v) is 23.3. The molecule has 0 saturated heterocycles. The topological polar surface area (TPSA) is 58.9 Å². The molecule has 11 rings (SSSR count). The molecule has 0 radical (unpaired) electrons. The van der Waals surface area contributed by atoms with Crippen molar-refractivity contribution in [2.24, 2.45) is 11.8 Å². The van der Waals surface area contributed by atoms with Gasteiger partial charge in [-0.2, -0.15) is 0 Å². The molecule has 0 bridgehead atoms. The van der Waals surface area contributed by atoms with Crippen LogP contribution in [0, 0.1) is 25.7 Å². The van der Waals surface area contributed by atoms with Crippen LogP contribution in [0.5, 0.6) is 23.0 Å². The van der Waals surface area contributed by atoms with Crippen LogP contribution in [0.3, 0.4) is 0 Å². The van der Waals surface area contributed by atoms with Crippen molar-refractivity contribution in [2.45, 2.75) is 39.5 Å². The van der Waals surface area contributed by atoms with Crippen LogP contribution in [0.25, 0.3) is 87.6 Å². The molecule has 2 N–H and O–H groups in total. The molecule has 1 saturated carbocycles. The van der Waals surface area contributed by atoms with E-state index in [1.807, 2.05) is 36.4 Å². The second-order valence-electron chi connectivity index (χ2n) is 18.2. The number of aromatic hydroxyl groups is 2. The average Bonchev–Trinajstić information content (AvgIpc) is 3.35. The van der Waals surface area contributed by atoms with Gasteiger partial charge in [-0.15, -0.1) is 0 Å². The Bertz CT molecular complexity index is 3120. The van der Waals surface area contributed by atoms with Crippen LogP contribution in [0.15, 0.2) is 182 Å². The van der Waals surface area contributed by atoms with Gasteiger partial charge in [-0.1, -0.05) is 146 Å². The van der Waals surface area contributed by atoms with E-state index in [9.17, 15) is 10.2 Å². The molecule has 2 atom stereocenters. The molecule has 0 aromatic heterocycles. The fraction of sp³-hybridized carbons (Fsp3) is 0.161. The van der Waals surface area contributed by atoms with E-state index in [-0.39, 0.29) is 23.3 Å². The maximum Gasteiger partial charge on any atom is 0.131 e. The van der Waals surface area contributed by atoms with Crippen molar-refractivity contribution in [1.29, 1.82) is 0 Å². The predicted octanol–water partition coefficient (Wildman–Crippen LogP) is 16.3. The molecule has 2 unspecified atom stereocenters. The van der Waals surface area contributed by atoms with E-state index in [2.05, 4.69) is 159 Å². The molecule has 1 aliphatic rings. The SMILES string of the molecule is Cc1cc(-c2ccccc2OCC2CCCCC2COc2ccccc2-c2cc(C)cc(-c3c4ccccc4cc4ccccc34)c2O)c(O)c(-c2c3ccccc3cc3ccccc23)c1. The maximum absolute atomic E-state index is 12.3. The maximum atomic E-state index is 12.3. The number of ether oxygens (including phenoxy) is 2. The fourth-order valence-electron chi connectivity index (χ4n) is 10.7. The second kappa shape index (κ2) is 17.4. The van der Waals surface area contributed by atoms with Crippen molar-refractivity contribution in [3.05, 3.63) is 193 Å². The minimum Gasteiger partial charge on any atom is -0.507 e. The van der Waals surface area contributed by atoms with E-state index in [0.29, 0.717) is 13.2 Å². The summed E-state index contributed by atoms with van der Waals surface area (Å²) in [4.78, 5) is 0. The number of phenols is 2. The predicted molar refractivity (Wildman–Crippen MR) is 274 cm³/mol. The fourth-order valence-corrected chi connectivity index (χ4v) is 10.7. The first kappa shape index (κ1) is 41.2. The largest absolute Gasteiger partial charge is 0.507 e. The molecule has 0 spiro atoms. The van der Waals surface area contributed by atoms with Gasteiger partial charge < -0.3 is 19.7 Å². The smallest absolute Gasteiger partial charge is 0.131 e. The zero-order valence-corrected chi connectivity index (χ0v) is 37.4. The Kier molecular flexibility index (Phi) is 10.9. The van der Waals surface area contributed by atoms with Crippen LogP contribution in [0.1, 0.15) is 36.8 Å². The number of rotatable bonds is 10. The lowest BCUT2D eigenvalue weighted by molar-refractivity contribution is 0.105. The number of phenolic OH excluding ortho intramolecular Hbond substituents is 2. The minimum atomic E-state index is 0.248. The molecule has 0 heterocycles. The molecule has 0 amide bonds. The van der Waals surface area contributed by atoms with Crippen LogP contribution in [0.2, 0.25) is 0 Å². The van der Waals surface area contributed by atoms with E-state index in [1.165, 1.54) is 0 Å². The van der Waals surface area contributed by atoms with Crippen molar-refractivity contribution in [3.8, 4) is 67.5 Å². The Hall–Kier alpha value is -7.56. The summed E-state index contributed by atoms with van der Waals surface area (Å²) < 4.78 is 13.7. The van der Waals surface area contributed by atoms with Gasteiger partial charge in [0.2, 0.25) is 0 Å². The lowest BCUT2D eigenvalue weighted by Crippen LogP contribution is -2.30. The van der Waals surface area contributed by atoms with Gasteiger partial charge in [-0.25, -0.2) is 0 Å². The molecule has 4 heteroatoms. The van der Waals surface area contributed by atoms with E-state index >= 15 is 0 Å². The molecule has 10 aromatic rings. The van der Waals surface area contributed by atoms with Crippen molar-refractivity contribution in [3.63, 3.8) is 0 Å². The summed E-state index contributed by atoms with van der Waals surface area (Å²) in [5, 5.41) is 33.6. The highest BCUT2D eigenvalue weighted by Crippen LogP contribution is 2.49. The minimum absolute atomic E-state index is 0.248. The van der Waals surface area contributed by atoms with Crippen LogP contribution in [-0.4, -0.2) is 23.4 Å². The van der Waals surface area contributed by atoms with Crippen LogP contribution >= 0.6 is 0 Å². The van der Waals surface area contributed by atoms with E-state index in [0.717, 1.165) is 136 Å². The van der Waals surface area contributed by atoms with E-state index < -0.39 is 0 Å². The summed E-state index contributed by atoms with van der Waals surface area (Å²) in [5.74, 6) is 2.57. The van der Waals surface area contributed by atoms with Crippen LogP contribution in [0.4, 0.5) is 0 Å². The highest BCUT2D eigenvalue weighted by Gasteiger charge is 2.28. The molecule has 1 aliphatic carbocycles. The zero-order chi connectivity index (χ0) is 44.7. The summed E-state index contributed by atoms with van der Waals surface area (Å²) >= 11 is 0. The Labute approximate surface area is 386 Å². The zero-order valence-electron chi connectivity index (χ0n) is 37.4. The summed E-state index contributed by atoms with van der Waals surface area (Å²) in [6.07, 6.45) is 4.39. The molecule has 10 aromatic carbocycles. The molecule has 0 aliphatic heterocycles. The van der Waals surface area contributed by atoms with E-state index in [4.69, 9.17) is 9.47 Å². The molecular formula is C62H52O4. The summed E-state index contributed by atoms with van der Waals surface area (Å²) in [5.41, 5.74) is 9.08. The number of aryl methyl sites for hydroxylation is 2. The van der Waals surface area contributed by atoms with Gasteiger partial charge in [0.15, 0.2) is 0 Å². The van der Waals surface area contributed by atoms with Gasteiger partial charge in [0, 0.05) is 44.5 Å².